The largest absolute Gasteiger partial charge is 0.378 e. The fourth-order valence-corrected chi connectivity index (χ4v) is 3.35. The lowest BCUT2D eigenvalue weighted by Gasteiger charge is -2.36. The molecule has 24 heavy (non-hydrogen) atoms. The molecule has 0 aliphatic heterocycles. The van der Waals surface area contributed by atoms with Crippen LogP contribution < -0.4 is 0 Å². The lowest BCUT2D eigenvalue weighted by molar-refractivity contribution is -0.0761. The minimum absolute atomic E-state index is 0.260. The summed E-state index contributed by atoms with van der Waals surface area (Å²) < 4.78 is 5.78. The van der Waals surface area contributed by atoms with Gasteiger partial charge in [0.05, 0.1) is 6.10 Å². The SMILES string of the molecule is CCCCCCCC(OC)C(O)(c1ccccc1)c1ccccc1. The normalized spacial score (nSPS) is 13.0. The van der Waals surface area contributed by atoms with Crippen molar-refractivity contribution in [3.8, 4) is 0 Å². The van der Waals surface area contributed by atoms with E-state index in [-0.39, 0.29) is 6.10 Å². The molecular formula is C22H30O2. The van der Waals surface area contributed by atoms with Gasteiger partial charge in [-0.05, 0) is 17.5 Å². The van der Waals surface area contributed by atoms with Gasteiger partial charge in [0.2, 0.25) is 0 Å². The van der Waals surface area contributed by atoms with Crippen LogP contribution in [-0.4, -0.2) is 18.3 Å². The van der Waals surface area contributed by atoms with Crippen molar-refractivity contribution in [3.63, 3.8) is 0 Å². The topological polar surface area (TPSA) is 29.5 Å². The Morgan fingerprint density at radius 2 is 1.33 bits per heavy atom. The zero-order valence-corrected chi connectivity index (χ0v) is 14.9. The lowest BCUT2D eigenvalue weighted by atomic mass is 9.79. The highest BCUT2D eigenvalue weighted by Gasteiger charge is 2.40. The standard InChI is InChI=1S/C22H30O2/c1-3-4-5-6-13-18-21(24-2)22(23,19-14-9-7-10-15-19)20-16-11-8-12-17-20/h7-12,14-17,21,23H,3-6,13,18H2,1-2H3. The van der Waals surface area contributed by atoms with Crippen molar-refractivity contribution in [2.75, 3.05) is 7.11 Å². The van der Waals surface area contributed by atoms with Crippen LogP contribution in [0.2, 0.25) is 0 Å². The summed E-state index contributed by atoms with van der Waals surface area (Å²) >= 11 is 0. The predicted octanol–water partition coefficient (Wildman–Crippen LogP) is 5.30. The summed E-state index contributed by atoms with van der Waals surface area (Å²) in [4.78, 5) is 0. The van der Waals surface area contributed by atoms with E-state index in [0.29, 0.717) is 0 Å². The summed E-state index contributed by atoms with van der Waals surface area (Å²) in [5.74, 6) is 0. The molecule has 0 bridgehead atoms. The molecule has 2 aromatic carbocycles. The Hall–Kier alpha value is -1.64. The monoisotopic (exact) mass is 326 g/mol. The molecule has 0 aromatic heterocycles. The Bertz CT molecular complexity index is 526. The maximum Gasteiger partial charge on any atom is 0.141 e. The maximum absolute atomic E-state index is 11.7. The minimum Gasteiger partial charge on any atom is -0.378 e. The van der Waals surface area contributed by atoms with Crippen molar-refractivity contribution >= 4 is 0 Å². The van der Waals surface area contributed by atoms with Crippen molar-refractivity contribution in [3.05, 3.63) is 71.8 Å². The van der Waals surface area contributed by atoms with Crippen molar-refractivity contribution in [1.82, 2.24) is 0 Å². The van der Waals surface area contributed by atoms with Crippen LogP contribution in [0.4, 0.5) is 0 Å². The number of methoxy groups -OCH3 is 1. The molecule has 0 heterocycles. The van der Waals surface area contributed by atoms with E-state index in [4.69, 9.17) is 4.74 Å². The molecule has 0 spiro atoms. The third-order valence-corrected chi connectivity index (χ3v) is 4.75. The van der Waals surface area contributed by atoms with E-state index in [9.17, 15) is 5.11 Å². The third-order valence-electron chi connectivity index (χ3n) is 4.75. The van der Waals surface area contributed by atoms with Crippen molar-refractivity contribution < 1.29 is 9.84 Å². The van der Waals surface area contributed by atoms with Crippen LogP contribution in [0.5, 0.6) is 0 Å². The van der Waals surface area contributed by atoms with Crippen LogP contribution in [0.15, 0.2) is 60.7 Å². The van der Waals surface area contributed by atoms with Gasteiger partial charge in [-0.1, -0.05) is 99.7 Å². The average Bonchev–Trinajstić information content (AvgIpc) is 2.65. The van der Waals surface area contributed by atoms with Crippen molar-refractivity contribution in [1.29, 1.82) is 0 Å². The highest BCUT2D eigenvalue weighted by Crippen LogP contribution is 2.36. The summed E-state index contributed by atoms with van der Waals surface area (Å²) in [7, 11) is 1.70. The van der Waals surface area contributed by atoms with Crippen molar-refractivity contribution in [2.24, 2.45) is 0 Å². The van der Waals surface area contributed by atoms with Crippen LogP contribution in [0, 0.1) is 0 Å². The van der Waals surface area contributed by atoms with Crippen LogP contribution >= 0.6 is 0 Å². The average molecular weight is 326 g/mol. The Morgan fingerprint density at radius 3 is 1.79 bits per heavy atom. The highest BCUT2D eigenvalue weighted by atomic mass is 16.5. The molecule has 0 radical (unpaired) electrons. The Morgan fingerprint density at radius 1 is 0.833 bits per heavy atom. The van der Waals surface area contributed by atoms with E-state index in [2.05, 4.69) is 6.92 Å². The summed E-state index contributed by atoms with van der Waals surface area (Å²) in [6.45, 7) is 2.22. The Kier molecular flexibility index (Phi) is 7.48. The van der Waals surface area contributed by atoms with Gasteiger partial charge < -0.3 is 9.84 Å². The first-order valence-electron chi connectivity index (χ1n) is 9.09. The number of hydrogen-bond donors (Lipinski definition) is 1. The van der Waals surface area contributed by atoms with E-state index in [1.165, 1.54) is 25.7 Å². The molecule has 1 unspecified atom stereocenters. The summed E-state index contributed by atoms with van der Waals surface area (Å²) in [6.07, 6.45) is 6.62. The molecule has 2 heteroatoms. The van der Waals surface area contributed by atoms with Crippen molar-refractivity contribution in [2.45, 2.75) is 57.2 Å². The quantitative estimate of drug-likeness (QED) is 0.600. The fourth-order valence-electron chi connectivity index (χ4n) is 3.35. The van der Waals surface area contributed by atoms with Gasteiger partial charge in [0.15, 0.2) is 0 Å². The van der Waals surface area contributed by atoms with E-state index in [1.54, 1.807) is 7.11 Å². The number of benzene rings is 2. The van der Waals surface area contributed by atoms with E-state index < -0.39 is 5.60 Å². The molecule has 0 saturated carbocycles. The second kappa shape index (κ2) is 9.61. The Balaban J connectivity index is 2.24. The first-order valence-corrected chi connectivity index (χ1v) is 9.09. The molecule has 1 N–H and O–H groups in total. The molecule has 0 fully saturated rings. The van der Waals surface area contributed by atoms with Gasteiger partial charge in [0.1, 0.15) is 5.60 Å². The molecule has 1 atom stereocenters. The van der Waals surface area contributed by atoms with E-state index >= 15 is 0 Å². The summed E-state index contributed by atoms with van der Waals surface area (Å²) in [5.41, 5.74) is 0.649. The first kappa shape index (κ1) is 18.7. The molecule has 2 nitrogen and oxygen atoms in total. The zero-order valence-electron chi connectivity index (χ0n) is 14.9. The number of unbranched alkanes of at least 4 members (excludes halogenated alkanes) is 4. The molecule has 2 rings (SSSR count). The zero-order chi connectivity index (χ0) is 17.3. The maximum atomic E-state index is 11.7. The van der Waals surface area contributed by atoms with Crippen LogP contribution in [0.25, 0.3) is 0 Å². The molecule has 0 amide bonds. The van der Waals surface area contributed by atoms with Gasteiger partial charge in [-0.2, -0.15) is 0 Å². The predicted molar refractivity (Wildman–Crippen MR) is 100 cm³/mol. The van der Waals surface area contributed by atoms with Crippen LogP contribution in [0.1, 0.15) is 56.6 Å². The highest BCUT2D eigenvalue weighted by molar-refractivity contribution is 5.37. The first-order chi connectivity index (χ1) is 11.7. The van der Waals surface area contributed by atoms with Gasteiger partial charge in [-0.25, -0.2) is 0 Å². The van der Waals surface area contributed by atoms with Gasteiger partial charge in [-0.15, -0.1) is 0 Å². The molecular weight excluding hydrogens is 296 g/mol. The van der Waals surface area contributed by atoms with Gasteiger partial charge >= 0.3 is 0 Å². The van der Waals surface area contributed by atoms with Crippen LogP contribution in [-0.2, 0) is 10.3 Å². The summed E-state index contributed by atoms with van der Waals surface area (Å²) in [6, 6.07) is 19.8. The van der Waals surface area contributed by atoms with Crippen LogP contribution in [0.3, 0.4) is 0 Å². The number of aliphatic hydroxyl groups is 1. The Labute approximate surface area is 146 Å². The number of hydrogen-bond acceptors (Lipinski definition) is 2. The minimum atomic E-state index is -1.12. The molecule has 130 valence electrons. The van der Waals surface area contributed by atoms with Gasteiger partial charge in [-0.3, -0.25) is 0 Å². The molecule has 0 saturated heterocycles. The van der Waals surface area contributed by atoms with E-state index in [0.717, 1.165) is 24.0 Å². The van der Waals surface area contributed by atoms with E-state index in [1.807, 2.05) is 60.7 Å². The fraction of sp³-hybridized carbons (Fsp3) is 0.455. The smallest absolute Gasteiger partial charge is 0.141 e. The number of rotatable bonds is 10. The lowest BCUT2D eigenvalue weighted by Crippen LogP contribution is -2.42. The second-order valence-electron chi connectivity index (χ2n) is 6.43. The van der Waals surface area contributed by atoms with Gasteiger partial charge in [0.25, 0.3) is 0 Å². The molecule has 0 aliphatic carbocycles. The summed E-state index contributed by atoms with van der Waals surface area (Å²) in [5, 5.41) is 11.7. The second-order valence-corrected chi connectivity index (χ2v) is 6.43. The molecule has 2 aromatic rings. The number of ether oxygens (including phenoxy) is 1. The third kappa shape index (κ3) is 4.46. The molecule has 0 aliphatic rings. The van der Waals surface area contributed by atoms with Gasteiger partial charge in [0, 0.05) is 7.11 Å².